The van der Waals surface area contributed by atoms with E-state index in [0.29, 0.717) is 5.92 Å². The lowest BCUT2D eigenvalue weighted by atomic mass is 10.2. The van der Waals surface area contributed by atoms with E-state index in [9.17, 15) is 0 Å². The van der Waals surface area contributed by atoms with Crippen LogP contribution in [-0.4, -0.2) is 21.3 Å². The Morgan fingerprint density at radius 2 is 2.29 bits per heavy atom. The van der Waals surface area contributed by atoms with E-state index in [1.807, 2.05) is 4.68 Å². The van der Waals surface area contributed by atoms with Crippen LogP contribution in [0.2, 0.25) is 0 Å². The Kier molecular flexibility index (Phi) is 4.59. The normalized spacial score (nSPS) is 11.1. The van der Waals surface area contributed by atoms with Crippen LogP contribution in [0.4, 0.5) is 0 Å². The summed E-state index contributed by atoms with van der Waals surface area (Å²) < 4.78 is 1.90. The minimum Gasteiger partial charge on any atom is -0.310 e. The van der Waals surface area contributed by atoms with Gasteiger partial charge in [0.15, 0.2) is 5.82 Å². The van der Waals surface area contributed by atoms with Gasteiger partial charge in [-0.25, -0.2) is 4.98 Å². The molecule has 0 aliphatic rings. The van der Waals surface area contributed by atoms with Crippen LogP contribution >= 0.6 is 0 Å². The van der Waals surface area contributed by atoms with Gasteiger partial charge in [0.05, 0.1) is 6.54 Å². The highest BCUT2D eigenvalue weighted by atomic mass is 15.3. The molecule has 1 rings (SSSR count). The zero-order chi connectivity index (χ0) is 10.4. The van der Waals surface area contributed by atoms with Crippen LogP contribution in [0, 0.1) is 5.92 Å². The molecule has 0 aromatic carbocycles. The van der Waals surface area contributed by atoms with Crippen LogP contribution in [0.3, 0.4) is 0 Å². The summed E-state index contributed by atoms with van der Waals surface area (Å²) >= 11 is 0. The van der Waals surface area contributed by atoms with E-state index in [1.54, 1.807) is 6.33 Å². The molecule has 4 nitrogen and oxygen atoms in total. The van der Waals surface area contributed by atoms with Crippen LogP contribution in [0.1, 0.15) is 33.0 Å². The van der Waals surface area contributed by atoms with Crippen LogP contribution < -0.4 is 5.32 Å². The average molecular weight is 196 g/mol. The topological polar surface area (TPSA) is 42.7 Å². The molecule has 0 bridgehead atoms. The number of aryl methyl sites for hydroxylation is 1. The molecule has 0 fully saturated rings. The Morgan fingerprint density at radius 3 is 2.93 bits per heavy atom. The molecule has 1 heterocycles. The number of nitrogens with one attached hydrogen (secondary N) is 1. The highest BCUT2D eigenvalue weighted by molar-refractivity contribution is 4.80. The van der Waals surface area contributed by atoms with Crippen LogP contribution in [0.15, 0.2) is 6.33 Å². The Morgan fingerprint density at radius 1 is 1.50 bits per heavy atom. The molecular weight excluding hydrogens is 176 g/mol. The fraction of sp³-hybridized carbons (Fsp3) is 0.800. The molecule has 0 aliphatic carbocycles. The molecule has 0 radical (unpaired) electrons. The SMILES string of the molecule is CCCn1cnc(CNCC(C)C)n1. The van der Waals surface area contributed by atoms with Crippen LogP contribution in [0.25, 0.3) is 0 Å². The molecule has 0 saturated carbocycles. The van der Waals surface area contributed by atoms with Crippen molar-refractivity contribution in [2.45, 2.75) is 40.3 Å². The van der Waals surface area contributed by atoms with Gasteiger partial charge in [0, 0.05) is 6.54 Å². The van der Waals surface area contributed by atoms with Gasteiger partial charge in [0.2, 0.25) is 0 Å². The van der Waals surface area contributed by atoms with E-state index in [4.69, 9.17) is 0 Å². The highest BCUT2D eigenvalue weighted by Crippen LogP contribution is 1.93. The van der Waals surface area contributed by atoms with Crippen molar-refractivity contribution in [2.24, 2.45) is 5.92 Å². The van der Waals surface area contributed by atoms with E-state index in [-0.39, 0.29) is 0 Å². The van der Waals surface area contributed by atoms with E-state index in [2.05, 4.69) is 36.2 Å². The summed E-state index contributed by atoms with van der Waals surface area (Å²) in [5, 5.41) is 7.66. The summed E-state index contributed by atoms with van der Waals surface area (Å²) in [7, 11) is 0. The summed E-state index contributed by atoms with van der Waals surface area (Å²) in [6.45, 7) is 9.26. The first-order valence-corrected chi connectivity index (χ1v) is 5.31. The fourth-order valence-corrected chi connectivity index (χ4v) is 1.22. The average Bonchev–Trinajstić information content (AvgIpc) is 2.53. The van der Waals surface area contributed by atoms with Crippen molar-refractivity contribution < 1.29 is 0 Å². The van der Waals surface area contributed by atoms with Crippen LogP contribution in [-0.2, 0) is 13.1 Å². The van der Waals surface area contributed by atoms with Crippen molar-refractivity contribution >= 4 is 0 Å². The van der Waals surface area contributed by atoms with Gasteiger partial charge in [0.25, 0.3) is 0 Å². The third kappa shape index (κ3) is 3.87. The molecule has 1 aromatic heterocycles. The first-order chi connectivity index (χ1) is 6.72. The molecule has 0 atom stereocenters. The second kappa shape index (κ2) is 5.75. The lowest BCUT2D eigenvalue weighted by Gasteiger charge is -2.04. The lowest BCUT2D eigenvalue weighted by molar-refractivity contribution is 0.535. The third-order valence-corrected chi connectivity index (χ3v) is 1.87. The summed E-state index contributed by atoms with van der Waals surface area (Å²) in [4.78, 5) is 4.22. The standard InChI is InChI=1S/C10H20N4/c1-4-5-14-8-12-10(13-14)7-11-6-9(2)3/h8-9,11H,4-7H2,1-3H3. The molecule has 0 unspecified atom stereocenters. The third-order valence-electron chi connectivity index (χ3n) is 1.87. The monoisotopic (exact) mass is 196 g/mol. The minimum atomic E-state index is 0.674. The molecule has 80 valence electrons. The van der Waals surface area contributed by atoms with Gasteiger partial charge in [-0.15, -0.1) is 0 Å². The van der Waals surface area contributed by atoms with Gasteiger partial charge in [-0.1, -0.05) is 20.8 Å². The maximum atomic E-state index is 4.34. The van der Waals surface area contributed by atoms with Crippen molar-refractivity contribution in [1.82, 2.24) is 20.1 Å². The first kappa shape index (κ1) is 11.2. The molecule has 1 N–H and O–H groups in total. The van der Waals surface area contributed by atoms with Crippen molar-refractivity contribution in [2.75, 3.05) is 6.54 Å². The lowest BCUT2D eigenvalue weighted by Crippen LogP contribution is -2.19. The Balaban J connectivity index is 2.28. The van der Waals surface area contributed by atoms with E-state index in [0.717, 1.165) is 31.9 Å². The number of hydrogen-bond acceptors (Lipinski definition) is 3. The maximum absolute atomic E-state index is 4.34. The summed E-state index contributed by atoms with van der Waals surface area (Å²) in [6.07, 6.45) is 2.90. The Bertz CT molecular complexity index is 254. The largest absolute Gasteiger partial charge is 0.310 e. The highest BCUT2D eigenvalue weighted by Gasteiger charge is 2.00. The zero-order valence-corrected chi connectivity index (χ0v) is 9.32. The van der Waals surface area contributed by atoms with Crippen LogP contribution in [0.5, 0.6) is 0 Å². The molecule has 1 aromatic rings. The van der Waals surface area contributed by atoms with Gasteiger partial charge in [-0.3, -0.25) is 4.68 Å². The molecule has 0 amide bonds. The summed E-state index contributed by atoms with van der Waals surface area (Å²) in [6, 6.07) is 0. The van der Waals surface area contributed by atoms with Crippen molar-refractivity contribution in [3.8, 4) is 0 Å². The van der Waals surface area contributed by atoms with Gasteiger partial charge < -0.3 is 5.32 Å². The molecule has 0 spiro atoms. The molecular formula is C10H20N4. The second-order valence-electron chi connectivity index (χ2n) is 3.95. The second-order valence-corrected chi connectivity index (χ2v) is 3.95. The Labute approximate surface area is 85.7 Å². The molecule has 14 heavy (non-hydrogen) atoms. The fourth-order valence-electron chi connectivity index (χ4n) is 1.22. The van der Waals surface area contributed by atoms with Crippen molar-refractivity contribution in [1.29, 1.82) is 0 Å². The van der Waals surface area contributed by atoms with Crippen molar-refractivity contribution in [3.05, 3.63) is 12.2 Å². The van der Waals surface area contributed by atoms with E-state index in [1.165, 1.54) is 0 Å². The molecule has 0 aliphatic heterocycles. The van der Waals surface area contributed by atoms with Gasteiger partial charge >= 0.3 is 0 Å². The smallest absolute Gasteiger partial charge is 0.164 e. The number of aromatic nitrogens is 3. The molecule has 0 saturated heterocycles. The van der Waals surface area contributed by atoms with E-state index < -0.39 is 0 Å². The summed E-state index contributed by atoms with van der Waals surface area (Å²) in [5.41, 5.74) is 0. The summed E-state index contributed by atoms with van der Waals surface area (Å²) in [5.74, 6) is 1.56. The Hall–Kier alpha value is -0.900. The number of hydrogen-bond donors (Lipinski definition) is 1. The first-order valence-electron chi connectivity index (χ1n) is 5.31. The van der Waals surface area contributed by atoms with Gasteiger partial charge in [-0.2, -0.15) is 5.10 Å². The predicted molar refractivity (Wildman–Crippen MR) is 56.9 cm³/mol. The van der Waals surface area contributed by atoms with Gasteiger partial charge in [-0.05, 0) is 18.9 Å². The predicted octanol–water partition coefficient (Wildman–Crippen LogP) is 1.43. The van der Waals surface area contributed by atoms with Crippen molar-refractivity contribution in [3.63, 3.8) is 0 Å². The molecule has 4 heteroatoms. The van der Waals surface area contributed by atoms with E-state index >= 15 is 0 Å². The zero-order valence-electron chi connectivity index (χ0n) is 9.32. The minimum absolute atomic E-state index is 0.674. The number of rotatable bonds is 6. The maximum Gasteiger partial charge on any atom is 0.164 e. The quantitative estimate of drug-likeness (QED) is 0.748. The van der Waals surface area contributed by atoms with Gasteiger partial charge in [0.1, 0.15) is 6.33 Å². The number of nitrogens with zero attached hydrogens (tertiary/aromatic N) is 3.